The average Bonchev–Trinajstić information content (AvgIpc) is 2.81. The number of hydrogen-bond acceptors (Lipinski definition) is 3. The molecular weight excluding hydrogens is 272 g/mol. The molecule has 0 aromatic heterocycles. The Hall–Kier alpha value is -0.710. The number of carbonyl (C=O) groups excluding carboxylic acids is 2. The zero-order chi connectivity index (χ0) is 15.1. The number of carbonyl (C=O) groups is 2. The van der Waals surface area contributed by atoms with Gasteiger partial charge in [-0.25, -0.2) is 0 Å². The molecule has 1 heterocycles. The van der Waals surface area contributed by atoms with E-state index in [9.17, 15) is 9.59 Å². The summed E-state index contributed by atoms with van der Waals surface area (Å²) >= 11 is 1.87. The Kier molecular flexibility index (Phi) is 4.38. The molecule has 5 heteroatoms. The lowest BCUT2D eigenvalue weighted by Gasteiger charge is -2.44. The van der Waals surface area contributed by atoms with E-state index in [-0.39, 0.29) is 29.3 Å². The lowest BCUT2D eigenvalue weighted by atomic mass is 9.83. The molecule has 0 aromatic carbocycles. The number of amides is 2. The highest BCUT2D eigenvalue weighted by atomic mass is 32.2. The topological polar surface area (TPSA) is 49.4 Å². The molecule has 4 nitrogen and oxygen atoms in total. The maximum absolute atomic E-state index is 12.8. The van der Waals surface area contributed by atoms with Gasteiger partial charge in [0.1, 0.15) is 12.1 Å². The number of nitrogens with zero attached hydrogens (tertiary/aromatic N) is 1. The highest BCUT2D eigenvalue weighted by Crippen LogP contribution is 2.35. The Bertz CT molecular complexity index is 405. The molecule has 0 radical (unpaired) electrons. The first-order valence-corrected chi connectivity index (χ1v) is 8.70. The third-order valence-electron chi connectivity index (χ3n) is 4.53. The maximum atomic E-state index is 12.8. The van der Waals surface area contributed by atoms with E-state index in [1.54, 1.807) is 0 Å². The standard InChI is InChI=1S/C15H26N2O2S/c1-9-13(18)16-12(15(2,3)4)14(19)17(9)10-6-7-11(8-10)20-5/h9-12H,6-8H2,1-5H3,(H,16,18). The van der Waals surface area contributed by atoms with E-state index in [0.717, 1.165) is 19.3 Å². The molecule has 1 aliphatic heterocycles. The van der Waals surface area contributed by atoms with Crippen molar-refractivity contribution in [1.29, 1.82) is 0 Å². The van der Waals surface area contributed by atoms with Gasteiger partial charge in [0.25, 0.3) is 0 Å². The molecule has 1 N–H and O–H groups in total. The third kappa shape index (κ3) is 2.83. The van der Waals surface area contributed by atoms with E-state index in [2.05, 4.69) is 11.6 Å². The van der Waals surface area contributed by atoms with E-state index < -0.39 is 6.04 Å². The second-order valence-corrected chi connectivity index (χ2v) is 8.19. The first-order chi connectivity index (χ1) is 9.25. The molecule has 2 aliphatic rings. The summed E-state index contributed by atoms with van der Waals surface area (Å²) in [6, 6.07) is -0.517. The molecule has 114 valence electrons. The highest BCUT2D eigenvalue weighted by Gasteiger charge is 2.47. The second-order valence-electron chi connectivity index (χ2n) is 7.05. The molecule has 1 saturated heterocycles. The summed E-state index contributed by atoms with van der Waals surface area (Å²) in [6.45, 7) is 7.86. The van der Waals surface area contributed by atoms with Gasteiger partial charge in [-0.2, -0.15) is 11.8 Å². The number of piperazine rings is 1. The highest BCUT2D eigenvalue weighted by molar-refractivity contribution is 7.99. The number of thioether (sulfide) groups is 1. The van der Waals surface area contributed by atoms with Gasteiger partial charge in [0.2, 0.25) is 11.8 Å². The summed E-state index contributed by atoms with van der Waals surface area (Å²) in [5.41, 5.74) is -0.247. The number of hydrogen-bond donors (Lipinski definition) is 1. The van der Waals surface area contributed by atoms with Gasteiger partial charge in [-0.3, -0.25) is 9.59 Å². The van der Waals surface area contributed by atoms with Gasteiger partial charge in [-0.05, 0) is 37.9 Å². The first kappa shape index (κ1) is 15.7. The minimum atomic E-state index is -0.403. The van der Waals surface area contributed by atoms with Crippen LogP contribution in [0.3, 0.4) is 0 Å². The van der Waals surface area contributed by atoms with Crippen molar-refractivity contribution in [2.45, 2.75) is 70.3 Å². The quantitative estimate of drug-likeness (QED) is 0.848. The lowest BCUT2D eigenvalue weighted by molar-refractivity contribution is -0.154. The Balaban J connectivity index is 2.21. The molecule has 20 heavy (non-hydrogen) atoms. The van der Waals surface area contributed by atoms with E-state index >= 15 is 0 Å². The van der Waals surface area contributed by atoms with Gasteiger partial charge >= 0.3 is 0 Å². The van der Waals surface area contributed by atoms with Crippen molar-refractivity contribution < 1.29 is 9.59 Å². The SMILES string of the molecule is CSC1CCC(N2C(=O)C(C(C)(C)C)NC(=O)C2C)C1. The number of nitrogens with one attached hydrogen (secondary N) is 1. The molecule has 4 unspecified atom stereocenters. The van der Waals surface area contributed by atoms with Gasteiger partial charge in [0.15, 0.2) is 0 Å². The minimum absolute atomic E-state index is 0.0165. The van der Waals surface area contributed by atoms with E-state index in [4.69, 9.17) is 0 Å². The molecule has 4 atom stereocenters. The van der Waals surface area contributed by atoms with Crippen molar-refractivity contribution >= 4 is 23.6 Å². The fourth-order valence-electron chi connectivity index (χ4n) is 3.26. The van der Waals surface area contributed by atoms with Crippen molar-refractivity contribution in [3.05, 3.63) is 0 Å². The Labute approximate surface area is 126 Å². The van der Waals surface area contributed by atoms with Crippen LogP contribution in [-0.4, -0.2) is 46.3 Å². The predicted octanol–water partition coefficient (Wildman–Crippen LogP) is 2.03. The summed E-state index contributed by atoms with van der Waals surface area (Å²) in [7, 11) is 0. The smallest absolute Gasteiger partial charge is 0.246 e. The molecule has 1 saturated carbocycles. The molecule has 2 amide bonds. The largest absolute Gasteiger partial charge is 0.342 e. The maximum Gasteiger partial charge on any atom is 0.246 e. The van der Waals surface area contributed by atoms with Crippen molar-refractivity contribution in [3.8, 4) is 0 Å². The van der Waals surface area contributed by atoms with Gasteiger partial charge in [-0.1, -0.05) is 20.8 Å². The van der Waals surface area contributed by atoms with E-state index in [0.29, 0.717) is 5.25 Å². The zero-order valence-electron chi connectivity index (χ0n) is 13.1. The Morgan fingerprint density at radius 2 is 1.90 bits per heavy atom. The van der Waals surface area contributed by atoms with E-state index in [1.165, 1.54) is 0 Å². The van der Waals surface area contributed by atoms with Crippen LogP contribution in [0.2, 0.25) is 0 Å². The van der Waals surface area contributed by atoms with Gasteiger partial charge < -0.3 is 10.2 Å². The van der Waals surface area contributed by atoms with Crippen LogP contribution >= 0.6 is 11.8 Å². The summed E-state index contributed by atoms with van der Waals surface area (Å²) in [4.78, 5) is 26.9. The van der Waals surface area contributed by atoms with Crippen LogP contribution in [0.1, 0.15) is 47.0 Å². The monoisotopic (exact) mass is 298 g/mol. The Morgan fingerprint density at radius 3 is 2.40 bits per heavy atom. The lowest BCUT2D eigenvalue weighted by Crippen LogP contribution is -2.67. The van der Waals surface area contributed by atoms with Crippen LogP contribution in [0.15, 0.2) is 0 Å². The van der Waals surface area contributed by atoms with Crippen molar-refractivity contribution in [2.24, 2.45) is 5.41 Å². The minimum Gasteiger partial charge on any atom is -0.342 e. The molecule has 2 rings (SSSR count). The molecule has 0 spiro atoms. The van der Waals surface area contributed by atoms with Gasteiger partial charge in [0.05, 0.1) is 0 Å². The van der Waals surface area contributed by atoms with Crippen LogP contribution < -0.4 is 5.32 Å². The molecule has 2 fully saturated rings. The molecular formula is C15H26N2O2S. The fraction of sp³-hybridized carbons (Fsp3) is 0.867. The van der Waals surface area contributed by atoms with Crippen molar-refractivity contribution in [2.75, 3.05) is 6.26 Å². The van der Waals surface area contributed by atoms with Crippen LogP contribution in [0.5, 0.6) is 0 Å². The van der Waals surface area contributed by atoms with Gasteiger partial charge in [-0.15, -0.1) is 0 Å². The van der Waals surface area contributed by atoms with Gasteiger partial charge in [0, 0.05) is 11.3 Å². The van der Waals surface area contributed by atoms with E-state index in [1.807, 2.05) is 44.4 Å². The van der Waals surface area contributed by atoms with Crippen LogP contribution in [-0.2, 0) is 9.59 Å². The van der Waals surface area contributed by atoms with Crippen molar-refractivity contribution in [3.63, 3.8) is 0 Å². The number of rotatable bonds is 2. The van der Waals surface area contributed by atoms with Crippen LogP contribution in [0.25, 0.3) is 0 Å². The fourth-order valence-corrected chi connectivity index (χ4v) is 4.04. The average molecular weight is 298 g/mol. The predicted molar refractivity (Wildman–Crippen MR) is 82.6 cm³/mol. The first-order valence-electron chi connectivity index (χ1n) is 7.41. The third-order valence-corrected chi connectivity index (χ3v) is 5.63. The second kappa shape index (κ2) is 5.58. The Morgan fingerprint density at radius 1 is 1.25 bits per heavy atom. The summed E-state index contributed by atoms with van der Waals surface area (Å²) in [5.74, 6) is 0.0773. The molecule has 0 bridgehead atoms. The summed E-state index contributed by atoms with van der Waals surface area (Å²) in [6.07, 6.45) is 5.30. The molecule has 0 aromatic rings. The summed E-state index contributed by atoms with van der Waals surface area (Å²) < 4.78 is 0. The van der Waals surface area contributed by atoms with Crippen molar-refractivity contribution in [1.82, 2.24) is 10.2 Å². The van der Waals surface area contributed by atoms with Crippen LogP contribution in [0.4, 0.5) is 0 Å². The van der Waals surface area contributed by atoms with Crippen LogP contribution in [0, 0.1) is 5.41 Å². The normalized spacial score (nSPS) is 35.4. The summed E-state index contributed by atoms with van der Waals surface area (Å²) in [5, 5.41) is 3.52. The zero-order valence-corrected chi connectivity index (χ0v) is 13.9. The molecule has 1 aliphatic carbocycles.